The minimum absolute atomic E-state index is 0.116. The molecule has 108 valence electrons. The summed E-state index contributed by atoms with van der Waals surface area (Å²) < 4.78 is 0. The van der Waals surface area contributed by atoms with E-state index in [1.165, 1.54) is 6.07 Å². The smallest absolute Gasteiger partial charge is 0.254 e. The molecular weight excluding hydrogens is 256 g/mol. The second kappa shape index (κ2) is 5.94. The van der Waals surface area contributed by atoms with Crippen molar-refractivity contribution in [3.8, 4) is 5.75 Å². The van der Waals surface area contributed by atoms with E-state index in [4.69, 9.17) is 0 Å². The van der Waals surface area contributed by atoms with Gasteiger partial charge >= 0.3 is 0 Å². The number of benzene rings is 1. The first kappa shape index (κ1) is 14.4. The van der Waals surface area contributed by atoms with Gasteiger partial charge in [0.25, 0.3) is 5.91 Å². The Balaban J connectivity index is 2.27. The molecule has 0 aromatic heterocycles. The van der Waals surface area contributed by atoms with E-state index < -0.39 is 6.04 Å². The number of phenols is 1. The fraction of sp³-hybridized carbons (Fsp3) is 0.467. The van der Waals surface area contributed by atoms with Crippen LogP contribution in [-0.4, -0.2) is 41.5 Å². The van der Waals surface area contributed by atoms with Gasteiger partial charge in [-0.25, -0.2) is 0 Å². The van der Waals surface area contributed by atoms with Gasteiger partial charge in [-0.2, -0.15) is 0 Å². The molecule has 5 nitrogen and oxygen atoms in total. The quantitative estimate of drug-likeness (QED) is 0.858. The van der Waals surface area contributed by atoms with Gasteiger partial charge in [-0.3, -0.25) is 9.59 Å². The molecule has 2 amide bonds. The lowest BCUT2D eigenvalue weighted by molar-refractivity contribution is -0.126. The highest BCUT2D eigenvalue weighted by Gasteiger charge is 2.32. The average molecular weight is 276 g/mol. The zero-order chi connectivity index (χ0) is 14.7. The molecule has 0 aliphatic carbocycles. The van der Waals surface area contributed by atoms with Crippen molar-refractivity contribution in [3.63, 3.8) is 0 Å². The highest BCUT2D eigenvalue weighted by Crippen LogP contribution is 2.23. The number of nitrogens with one attached hydrogen (secondary N) is 1. The molecule has 1 unspecified atom stereocenters. The first-order chi connectivity index (χ1) is 9.54. The maximum Gasteiger partial charge on any atom is 0.254 e. The van der Waals surface area contributed by atoms with Gasteiger partial charge in [0.2, 0.25) is 5.91 Å². The predicted octanol–water partition coefficient (Wildman–Crippen LogP) is 1.44. The summed E-state index contributed by atoms with van der Waals surface area (Å²) in [6.07, 6.45) is 2.56. The summed E-state index contributed by atoms with van der Waals surface area (Å²) in [4.78, 5) is 26.2. The fourth-order valence-corrected chi connectivity index (χ4v) is 2.66. The molecule has 0 bridgehead atoms. The minimum atomic E-state index is -0.394. The van der Waals surface area contributed by atoms with Crippen molar-refractivity contribution in [1.29, 1.82) is 0 Å². The highest BCUT2D eigenvalue weighted by atomic mass is 16.3. The van der Waals surface area contributed by atoms with Crippen LogP contribution in [0.5, 0.6) is 5.75 Å². The van der Waals surface area contributed by atoms with E-state index in [1.54, 1.807) is 31.0 Å². The average Bonchev–Trinajstić information content (AvgIpc) is 2.46. The van der Waals surface area contributed by atoms with Crippen LogP contribution < -0.4 is 5.32 Å². The molecule has 0 saturated carbocycles. The largest absolute Gasteiger partial charge is 0.508 e. The van der Waals surface area contributed by atoms with E-state index >= 15 is 0 Å². The Bertz CT molecular complexity index is 528. The molecule has 1 heterocycles. The van der Waals surface area contributed by atoms with Crippen LogP contribution in [0.15, 0.2) is 18.2 Å². The first-order valence-electron chi connectivity index (χ1n) is 6.86. The lowest BCUT2D eigenvalue weighted by Crippen LogP contribution is -2.51. The van der Waals surface area contributed by atoms with Gasteiger partial charge in [-0.05, 0) is 49.9 Å². The minimum Gasteiger partial charge on any atom is -0.508 e. The van der Waals surface area contributed by atoms with Crippen LogP contribution in [0.2, 0.25) is 0 Å². The molecule has 1 fully saturated rings. The number of phenolic OH excluding ortho intramolecular Hbond substituents is 1. The SMILES string of the molecule is CNC(=O)C1CCCCN1C(=O)c1ccc(O)cc1C. The van der Waals surface area contributed by atoms with Crippen molar-refractivity contribution in [3.05, 3.63) is 29.3 Å². The molecule has 1 aromatic rings. The van der Waals surface area contributed by atoms with Crippen LogP contribution in [0.1, 0.15) is 35.2 Å². The normalized spacial score (nSPS) is 18.7. The van der Waals surface area contributed by atoms with Crippen LogP contribution >= 0.6 is 0 Å². The van der Waals surface area contributed by atoms with Crippen molar-refractivity contribution in [2.24, 2.45) is 0 Å². The van der Waals surface area contributed by atoms with Crippen molar-refractivity contribution in [2.75, 3.05) is 13.6 Å². The van der Waals surface area contributed by atoms with Gasteiger partial charge in [0, 0.05) is 19.2 Å². The Morgan fingerprint density at radius 2 is 2.10 bits per heavy atom. The number of aromatic hydroxyl groups is 1. The first-order valence-corrected chi connectivity index (χ1v) is 6.86. The van der Waals surface area contributed by atoms with Gasteiger partial charge in [0.1, 0.15) is 11.8 Å². The highest BCUT2D eigenvalue weighted by molar-refractivity contribution is 5.98. The third-order valence-corrected chi connectivity index (χ3v) is 3.75. The Kier molecular flexibility index (Phi) is 4.27. The molecule has 1 aliphatic heterocycles. The van der Waals surface area contributed by atoms with Crippen molar-refractivity contribution in [2.45, 2.75) is 32.2 Å². The molecule has 1 saturated heterocycles. The van der Waals surface area contributed by atoms with E-state index in [0.29, 0.717) is 18.5 Å². The van der Waals surface area contributed by atoms with Crippen LogP contribution in [0, 0.1) is 6.92 Å². The summed E-state index contributed by atoms with van der Waals surface area (Å²) in [6.45, 7) is 2.38. The Labute approximate surface area is 118 Å². The molecule has 0 spiro atoms. The van der Waals surface area contributed by atoms with E-state index in [0.717, 1.165) is 18.4 Å². The van der Waals surface area contributed by atoms with E-state index in [2.05, 4.69) is 5.32 Å². The molecule has 1 aliphatic rings. The Morgan fingerprint density at radius 1 is 1.35 bits per heavy atom. The van der Waals surface area contributed by atoms with Crippen molar-refractivity contribution < 1.29 is 14.7 Å². The third-order valence-electron chi connectivity index (χ3n) is 3.75. The molecule has 2 rings (SSSR count). The topological polar surface area (TPSA) is 69.6 Å². The number of rotatable bonds is 2. The summed E-state index contributed by atoms with van der Waals surface area (Å²) >= 11 is 0. The van der Waals surface area contributed by atoms with Gasteiger partial charge in [-0.15, -0.1) is 0 Å². The van der Waals surface area contributed by atoms with Crippen LogP contribution in [0.3, 0.4) is 0 Å². The second-order valence-electron chi connectivity index (χ2n) is 5.12. The fourth-order valence-electron chi connectivity index (χ4n) is 2.66. The van der Waals surface area contributed by atoms with Gasteiger partial charge in [0.15, 0.2) is 0 Å². The lowest BCUT2D eigenvalue weighted by Gasteiger charge is -2.34. The molecule has 2 N–H and O–H groups in total. The van der Waals surface area contributed by atoms with Crippen molar-refractivity contribution >= 4 is 11.8 Å². The Hall–Kier alpha value is -2.04. The number of piperidine rings is 1. The summed E-state index contributed by atoms with van der Waals surface area (Å²) in [7, 11) is 1.59. The number of carbonyl (C=O) groups is 2. The van der Waals surface area contributed by atoms with Crippen LogP contribution in [0.4, 0.5) is 0 Å². The van der Waals surface area contributed by atoms with Gasteiger partial charge < -0.3 is 15.3 Å². The number of hydrogen-bond donors (Lipinski definition) is 2. The number of hydrogen-bond acceptors (Lipinski definition) is 3. The number of carbonyl (C=O) groups excluding carboxylic acids is 2. The Morgan fingerprint density at radius 3 is 2.75 bits per heavy atom. The van der Waals surface area contributed by atoms with Gasteiger partial charge in [0.05, 0.1) is 0 Å². The monoisotopic (exact) mass is 276 g/mol. The predicted molar refractivity (Wildman–Crippen MR) is 75.6 cm³/mol. The standard InChI is InChI=1S/C15H20N2O3/c1-10-9-11(18)6-7-12(10)15(20)17-8-4-3-5-13(17)14(19)16-2/h6-7,9,13,18H,3-5,8H2,1-2H3,(H,16,19). The van der Waals surface area contributed by atoms with Gasteiger partial charge in [-0.1, -0.05) is 0 Å². The third kappa shape index (κ3) is 2.76. The maximum absolute atomic E-state index is 12.6. The van der Waals surface area contributed by atoms with E-state index in [-0.39, 0.29) is 17.6 Å². The van der Waals surface area contributed by atoms with E-state index in [9.17, 15) is 14.7 Å². The summed E-state index contributed by atoms with van der Waals surface area (Å²) in [5, 5.41) is 12.0. The number of likely N-dealkylation sites (N-methyl/N-ethyl adjacent to an activating group) is 1. The molecule has 20 heavy (non-hydrogen) atoms. The molecule has 1 atom stereocenters. The summed E-state index contributed by atoms with van der Waals surface area (Å²) in [6, 6.07) is 4.28. The lowest BCUT2D eigenvalue weighted by atomic mass is 9.99. The number of likely N-dealkylation sites (tertiary alicyclic amines) is 1. The zero-order valence-electron chi connectivity index (χ0n) is 11.8. The zero-order valence-corrected chi connectivity index (χ0v) is 11.8. The number of nitrogens with zero attached hydrogens (tertiary/aromatic N) is 1. The van der Waals surface area contributed by atoms with Crippen LogP contribution in [-0.2, 0) is 4.79 Å². The second-order valence-corrected chi connectivity index (χ2v) is 5.12. The van der Waals surface area contributed by atoms with Crippen molar-refractivity contribution in [1.82, 2.24) is 10.2 Å². The molecular formula is C15H20N2O3. The molecule has 0 radical (unpaired) electrons. The van der Waals surface area contributed by atoms with Crippen LogP contribution in [0.25, 0.3) is 0 Å². The molecule has 5 heteroatoms. The summed E-state index contributed by atoms with van der Waals surface area (Å²) in [5.41, 5.74) is 1.26. The van der Waals surface area contributed by atoms with E-state index in [1.807, 2.05) is 0 Å². The summed E-state index contributed by atoms with van der Waals surface area (Å²) in [5.74, 6) is -0.120. The number of amides is 2. The molecule has 1 aromatic carbocycles. The number of aryl methyl sites for hydroxylation is 1. The maximum atomic E-state index is 12.6.